The molecule has 3 aromatic carbocycles. The Kier molecular flexibility index (Phi) is 5.70. The first-order valence-corrected chi connectivity index (χ1v) is 10.0. The van der Waals surface area contributed by atoms with Crippen LogP contribution in [0.3, 0.4) is 0 Å². The predicted molar refractivity (Wildman–Crippen MR) is 115 cm³/mol. The lowest BCUT2D eigenvalue weighted by molar-refractivity contribution is -0.137. The number of aromatic hydroxyl groups is 1. The summed E-state index contributed by atoms with van der Waals surface area (Å²) in [6.45, 7) is 0. The van der Waals surface area contributed by atoms with Crippen molar-refractivity contribution < 1.29 is 27.8 Å². The molecule has 4 rings (SSSR count). The summed E-state index contributed by atoms with van der Waals surface area (Å²) in [5, 5.41) is 17.7. The van der Waals surface area contributed by atoms with E-state index in [0.29, 0.717) is 28.1 Å². The third kappa shape index (κ3) is 4.35. The minimum Gasteiger partial charge on any atom is -0.508 e. The Bertz CT molecular complexity index is 1320. The molecule has 0 aliphatic rings. The zero-order valence-corrected chi connectivity index (χ0v) is 17.7. The van der Waals surface area contributed by atoms with Crippen LogP contribution in [0.4, 0.5) is 24.5 Å². The molecule has 0 aliphatic carbocycles. The number of rotatable bonds is 5. The molecule has 0 fully saturated rings. The van der Waals surface area contributed by atoms with Gasteiger partial charge in [0.05, 0.1) is 46.9 Å². The fraction of sp³-hybridized carbons (Fsp3) is 0.136. The van der Waals surface area contributed by atoms with E-state index in [2.05, 4.69) is 15.2 Å². The molecular weight excluding hydrogens is 443 g/mol. The largest absolute Gasteiger partial charge is 0.508 e. The summed E-state index contributed by atoms with van der Waals surface area (Å²) in [7, 11) is 3.08. The van der Waals surface area contributed by atoms with E-state index in [0.717, 1.165) is 28.1 Å². The first kappa shape index (κ1) is 21.6. The van der Waals surface area contributed by atoms with Crippen LogP contribution in [0.25, 0.3) is 20.8 Å². The second kappa shape index (κ2) is 8.46. The van der Waals surface area contributed by atoms with E-state index < -0.39 is 23.2 Å². The molecule has 0 atom stereocenters. The topological polar surface area (TPSA) is 76.3 Å². The normalized spacial score (nSPS) is 11.9. The number of ether oxygens (including phenoxy) is 2. The number of aromatic nitrogens is 1. The smallest absolute Gasteiger partial charge is 0.418 e. The third-order valence-corrected chi connectivity index (χ3v) is 5.62. The zero-order chi connectivity index (χ0) is 22.9. The second-order valence-electron chi connectivity index (χ2n) is 6.64. The van der Waals surface area contributed by atoms with Gasteiger partial charge in [-0.1, -0.05) is 0 Å². The monoisotopic (exact) mass is 459 g/mol. The molecule has 4 aromatic rings. The Balaban J connectivity index is 1.68. The zero-order valence-electron chi connectivity index (χ0n) is 16.8. The Morgan fingerprint density at radius 1 is 0.938 bits per heavy atom. The van der Waals surface area contributed by atoms with E-state index in [4.69, 9.17) is 9.47 Å². The van der Waals surface area contributed by atoms with Crippen molar-refractivity contribution in [3.8, 4) is 27.8 Å². The van der Waals surface area contributed by atoms with Gasteiger partial charge in [-0.15, -0.1) is 16.5 Å². The maximum Gasteiger partial charge on any atom is 0.418 e. The van der Waals surface area contributed by atoms with Gasteiger partial charge in [-0.05, 0) is 48.5 Å². The average molecular weight is 459 g/mol. The number of thiazole rings is 1. The highest BCUT2D eigenvalue weighted by Crippen LogP contribution is 2.41. The number of nitrogens with zero attached hydrogens (tertiary/aromatic N) is 3. The van der Waals surface area contributed by atoms with Crippen LogP contribution in [0, 0.1) is 0 Å². The number of methoxy groups -OCH3 is 2. The molecule has 0 amide bonds. The fourth-order valence-electron chi connectivity index (χ4n) is 3.02. The Hall–Kier alpha value is -3.66. The highest BCUT2D eigenvalue weighted by atomic mass is 32.1. The molecule has 0 saturated carbocycles. The molecule has 0 unspecified atom stereocenters. The molecule has 0 saturated heterocycles. The third-order valence-electron chi connectivity index (χ3n) is 4.57. The second-order valence-corrected chi connectivity index (χ2v) is 7.67. The predicted octanol–water partition coefficient (Wildman–Crippen LogP) is 7.12. The Morgan fingerprint density at radius 2 is 1.75 bits per heavy atom. The quantitative estimate of drug-likeness (QED) is 0.322. The van der Waals surface area contributed by atoms with Gasteiger partial charge in [0.1, 0.15) is 22.3 Å². The molecule has 0 spiro atoms. The molecule has 1 heterocycles. The van der Waals surface area contributed by atoms with Gasteiger partial charge in [0, 0.05) is 6.07 Å². The van der Waals surface area contributed by atoms with Crippen LogP contribution in [0.5, 0.6) is 17.2 Å². The molecule has 0 radical (unpaired) electrons. The first-order valence-electron chi connectivity index (χ1n) is 9.23. The number of alkyl halides is 3. The molecular formula is C22H16F3N3O3S. The standard InChI is InChI=1S/C22H16F3N3O3S/c1-30-14-5-8-18-20(11-14)32-21(26-18)15-6-3-12(9-19(15)31-2)27-28-17-7-4-13(29)10-16(17)22(23,24)25/h3-11,29H,1-2H3. The summed E-state index contributed by atoms with van der Waals surface area (Å²) in [4.78, 5) is 4.62. The maximum atomic E-state index is 13.2. The lowest BCUT2D eigenvalue weighted by Crippen LogP contribution is -2.04. The highest BCUT2D eigenvalue weighted by Gasteiger charge is 2.34. The number of hydrogen-bond donors (Lipinski definition) is 1. The van der Waals surface area contributed by atoms with Crippen LogP contribution < -0.4 is 9.47 Å². The van der Waals surface area contributed by atoms with E-state index in [-0.39, 0.29) is 0 Å². The number of fused-ring (bicyclic) bond motifs is 1. The van der Waals surface area contributed by atoms with Gasteiger partial charge in [0.15, 0.2) is 0 Å². The SMILES string of the molecule is COc1ccc2nc(-c3ccc(N=Nc4ccc(O)cc4C(F)(F)F)cc3OC)sc2c1. The summed E-state index contributed by atoms with van der Waals surface area (Å²) in [5.41, 5.74) is 0.346. The van der Waals surface area contributed by atoms with Crippen molar-refractivity contribution in [2.75, 3.05) is 14.2 Å². The molecule has 32 heavy (non-hydrogen) atoms. The van der Waals surface area contributed by atoms with Crippen molar-refractivity contribution >= 4 is 32.9 Å². The van der Waals surface area contributed by atoms with Crippen molar-refractivity contribution in [2.45, 2.75) is 6.18 Å². The summed E-state index contributed by atoms with van der Waals surface area (Å²) in [5.74, 6) is 0.674. The average Bonchev–Trinajstić information content (AvgIpc) is 3.20. The number of halogens is 3. The van der Waals surface area contributed by atoms with Crippen LogP contribution >= 0.6 is 11.3 Å². The van der Waals surface area contributed by atoms with E-state index in [1.165, 1.54) is 18.4 Å². The molecule has 164 valence electrons. The van der Waals surface area contributed by atoms with E-state index >= 15 is 0 Å². The summed E-state index contributed by atoms with van der Waals surface area (Å²) in [6, 6.07) is 13.3. The summed E-state index contributed by atoms with van der Waals surface area (Å²) in [6.07, 6.45) is -4.68. The minimum absolute atomic E-state index is 0.301. The molecule has 10 heteroatoms. The van der Waals surface area contributed by atoms with Gasteiger partial charge >= 0.3 is 6.18 Å². The van der Waals surface area contributed by atoms with Crippen molar-refractivity contribution in [3.05, 3.63) is 60.2 Å². The number of phenolic OH excluding ortho intramolecular Hbond substituents is 1. The van der Waals surface area contributed by atoms with Crippen LogP contribution in [-0.4, -0.2) is 24.3 Å². The fourth-order valence-corrected chi connectivity index (χ4v) is 4.04. The van der Waals surface area contributed by atoms with Crippen LogP contribution in [-0.2, 0) is 6.18 Å². The maximum absolute atomic E-state index is 13.2. The van der Waals surface area contributed by atoms with Gasteiger partial charge in [-0.25, -0.2) is 4.98 Å². The lowest BCUT2D eigenvalue weighted by Gasteiger charge is -2.09. The molecule has 0 bridgehead atoms. The highest BCUT2D eigenvalue weighted by molar-refractivity contribution is 7.21. The number of azo groups is 1. The van der Waals surface area contributed by atoms with Gasteiger partial charge in [-0.3, -0.25) is 0 Å². The van der Waals surface area contributed by atoms with E-state index in [9.17, 15) is 18.3 Å². The van der Waals surface area contributed by atoms with Gasteiger partial charge in [0.2, 0.25) is 0 Å². The number of phenols is 1. The Morgan fingerprint density at radius 3 is 2.47 bits per heavy atom. The van der Waals surface area contributed by atoms with Crippen molar-refractivity contribution in [1.82, 2.24) is 4.98 Å². The van der Waals surface area contributed by atoms with Crippen LogP contribution in [0.15, 0.2) is 64.8 Å². The first-order chi connectivity index (χ1) is 15.3. The van der Waals surface area contributed by atoms with Crippen molar-refractivity contribution in [2.24, 2.45) is 10.2 Å². The summed E-state index contributed by atoms with van der Waals surface area (Å²) < 4.78 is 51.2. The number of hydrogen-bond acceptors (Lipinski definition) is 7. The Labute approximate surface area is 184 Å². The van der Waals surface area contributed by atoms with Crippen LogP contribution in [0.1, 0.15) is 5.56 Å². The van der Waals surface area contributed by atoms with E-state index in [1.54, 1.807) is 25.3 Å². The molecule has 1 N–H and O–H groups in total. The molecule has 1 aromatic heterocycles. The van der Waals surface area contributed by atoms with Gasteiger partial charge in [0.25, 0.3) is 0 Å². The lowest BCUT2D eigenvalue weighted by atomic mass is 10.1. The van der Waals surface area contributed by atoms with Crippen molar-refractivity contribution in [1.29, 1.82) is 0 Å². The van der Waals surface area contributed by atoms with Gasteiger partial charge < -0.3 is 14.6 Å². The van der Waals surface area contributed by atoms with Gasteiger partial charge in [-0.2, -0.15) is 18.3 Å². The molecule has 6 nitrogen and oxygen atoms in total. The van der Waals surface area contributed by atoms with Crippen LogP contribution in [0.2, 0.25) is 0 Å². The van der Waals surface area contributed by atoms with E-state index in [1.807, 2.05) is 18.2 Å². The molecule has 0 aliphatic heterocycles. The number of benzene rings is 3. The minimum atomic E-state index is -4.68. The summed E-state index contributed by atoms with van der Waals surface area (Å²) >= 11 is 1.46. The van der Waals surface area contributed by atoms with Crippen molar-refractivity contribution in [3.63, 3.8) is 0 Å².